The molecule has 0 atom stereocenters. The highest BCUT2D eigenvalue weighted by Crippen LogP contribution is 2.25. The average molecular weight is 319 g/mol. The average Bonchev–Trinajstić information content (AvgIpc) is 2.53. The van der Waals surface area contributed by atoms with Crippen LogP contribution in [0.4, 0.5) is 0 Å². The van der Waals surface area contributed by atoms with Crippen LogP contribution in [0, 0.1) is 6.92 Å². The molecular formula is C22H38O. The fourth-order valence-electron chi connectivity index (χ4n) is 3.27. The minimum Gasteiger partial charge on any atom is -0.508 e. The Bertz CT molecular complexity index is 422. The van der Waals surface area contributed by atoms with E-state index in [-0.39, 0.29) is 0 Å². The van der Waals surface area contributed by atoms with Crippen LogP contribution in [0.15, 0.2) is 12.1 Å². The molecule has 1 aromatic carbocycles. The summed E-state index contributed by atoms with van der Waals surface area (Å²) in [5, 5.41) is 10.1. The number of phenols is 1. The summed E-state index contributed by atoms with van der Waals surface area (Å²) in [5.74, 6) is 0.498. The molecule has 0 aromatic heterocycles. The van der Waals surface area contributed by atoms with E-state index in [1.807, 2.05) is 6.07 Å². The van der Waals surface area contributed by atoms with Crippen molar-refractivity contribution in [3.63, 3.8) is 0 Å². The lowest BCUT2D eigenvalue weighted by Gasteiger charge is -2.11. The zero-order valence-electron chi connectivity index (χ0n) is 15.8. The van der Waals surface area contributed by atoms with Crippen molar-refractivity contribution in [3.8, 4) is 5.75 Å². The third-order valence-electron chi connectivity index (χ3n) is 4.89. The largest absolute Gasteiger partial charge is 0.508 e. The third kappa shape index (κ3) is 8.44. The van der Waals surface area contributed by atoms with Gasteiger partial charge in [0.15, 0.2) is 0 Å². The van der Waals surface area contributed by atoms with E-state index in [2.05, 4.69) is 26.8 Å². The lowest BCUT2D eigenvalue weighted by molar-refractivity contribution is 0.465. The molecule has 132 valence electrons. The molecule has 0 bridgehead atoms. The summed E-state index contributed by atoms with van der Waals surface area (Å²) in [6.07, 6.45) is 16.8. The lowest BCUT2D eigenvalue weighted by Crippen LogP contribution is -1.95. The van der Waals surface area contributed by atoms with Crippen LogP contribution in [0.2, 0.25) is 0 Å². The summed E-state index contributed by atoms with van der Waals surface area (Å²) in [6.45, 7) is 6.63. The van der Waals surface area contributed by atoms with Gasteiger partial charge in [0.1, 0.15) is 5.75 Å². The molecule has 0 saturated heterocycles. The van der Waals surface area contributed by atoms with Crippen LogP contribution in [0.1, 0.15) is 101 Å². The van der Waals surface area contributed by atoms with Crippen molar-refractivity contribution in [1.82, 2.24) is 0 Å². The fourth-order valence-corrected chi connectivity index (χ4v) is 3.27. The number of phenolic OH excluding ortho intramolecular Hbond substituents is 1. The second kappa shape index (κ2) is 12.4. The van der Waals surface area contributed by atoms with E-state index in [4.69, 9.17) is 0 Å². The molecule has 0 amide bonds. The van der Waals surface area contributed by atoms with Gasteiger partial charge >= 0.3 is 0 Å². The number of unbranched alkanes of at least 4 members (excludes halogenated alkanes) is 9. The number of rotatable bonds is 13. The molecule has 0 aliphatic rings. The molecule has 0 spiro atoms. The van der Waals surface area contributed by atoms with E-state index in [0.717, 1.165) is 12.0 Å². The van der Waals surface area contributed by atoms with Crippen molar-refractivity contribution in [1.29, 1.82) is 0 Å². The molecule has 1 rings (SSSR count). The second-order valence-corrected chi connectivity index (χ2v) is 7.09. The number of hydrogen-bond acceptors (Lipinski definition) is 1. The monoisotopic (exact) mass is 318 g/mol. The Morgan fingerprint density at radius 2 is 1.13 bits per heavy atom. The van der Waals surface area contributed by atoms with Gasteiger partial charge in [0.25, 0.3) is 0 Å². The van der Waals surface area contributed by atoms with Crippen LogP contribution < -0.4 is 0 Å². The van der Waals surface area contributed by atoms with Crippen molar-refractivity contribution in [2.45, 2.75) is 104 Å². The van der Waals surface area contributed by atoms with E-state index in [1.165, 1.54) is 88.2 Å². The minimum absolute atomic E-state index is 0.498. The van der Waals surface area contributed by atoms with Crippen molar-refractivity contribution < 1.29 is 5.11 Å². The highest BCUT2D eigenvalue weighted by atomic mass is 16.3. The van der Waals surface area contributed by atoms with Gasteiger partial charge in [-0.2, -0.15) is 0 Å². The molecule has 0 fully saturated rings. The van der Waals surface area contributed by atoms with Crippen molar-refractivity contribution in [2.24, 2.45) is 0 Å². The van der Waals surface area contributed by atoms with Crippen LogP contribution in [0.5, 0.6) is 5.75 Å². The number of aromatic hydroxyl groups is 1. The zero-order chi connectivity index (χ0) is 16.9. The Morgan fingerprint density at radius 3 is 1.78 bits per heavy atom. The highest BCUT2D eigenvalue weighted by molar-refractivity contribution is 5.41. The molecule has 0 heterocycles. The number of aryl methyl sites for hydroxylation is 3. The molecule has 1 aromatic rings. The topological polar surface area (TPSA) is 20.2 Å². The van der Waals surface area contributed by atoms with Crippen LogP contribution in [0.3, 0.4) is 0 Å². The Labute approximate surface area is 144 Å². The zero-order valence-corrected chi connectivity index (χ0v) is 15.8. The van der Waals surface area contributed by atoms with E-state index >= 15 is 0 Å². The summed E-state index contributed by atoms with van der Waals surface area (Å²) in [6, 6.07) is 4.24. The maximum absolute atomic E-state index is 10.1. The van der Waals surface area contributed by atoms with Gasteiger partial charge in [-0.25, -0.2) is 0 Å². The summed E-state index contributed by atoms with van der Waals surface area (Å²) in [4.78, 5) is 0. The summed E-state index contributed by atoms with van der Waals surface area (Å²) < 4.78 is 0. The van der Waals surface area contributed by atoms with Gasteiger partial charge in [-0.1, -0.05) is 77.7 Å². The Balaban J connectivity index is 2.33. The van der Waals surface area contributed by atoms with Gasteiger partial charge in [-0.05, 0) is 55.4 Å². The summed E-state index contributed by atoms with van der Waals surface area (Å²) in [7, 11) is 0. The molecule has 23 heavy (non-hydrogen) atoms. The van der Waals surface area contributed by atoms with E-state index in [0.29, 0.717) is 5.75 Å². The summed E-state index contributed by atoms with van der Waals surface area (Å²) >= 11 is 0. The predicted octanol–water partition coefficient (Wildman–Crippen LogP) is 7.12. The van der Waals surface area contributed by atoms with Gasteiger partial charge in [0, 0.05) is 0 Å². The number of benzene rings is 1. The number of hydrogen-bond donors (Lipinski definition) is 1. The first-order valence-electron chi connectivity index (χ1n) is 10.00. The molecule has 1 N–H and O–H groups in total. The molecule has 1 heteroatoms. The van der Waals surface area contributed by atoms with E-state index in [9.17, 15) is 5.11 Å². The van der Waals surface area contributed by atoms with Crippen LogP contribution in [-0.2, 0) is 12.8 Å². The Kier molecular flexibility index (Phi) is 10.9. The van der Waals surface area contributed by atoms with Gasteiger partial charge in [0.05, 0.1) is 0 Å². The van der Waals surface area contributed by atoms with Gasteiger partial charge in [-0.3, -0.25) is 0 Å². The van der Waals surface area contributed by atoms with Gasteiger partial charge < -0.3 is 5.11 Å². The van der Waals surface area contributed by atoms with Crippen LogP contribution >= 0.6 is 0 Å². The van der Waals surface area contributed by atoms with Gasteiger partial charge in [0.2, 0.25) is 0 Å². The van der Waals surface area contributed by atoms with Crippen molar-refractivity contribution in [3.05, 3.63) is 28.8 Å². The smallest absolute Gasteiger partial charge is 0.119 e. The SMILES string of the molecule is CCCCCCCCCCc1cc(CCCCC)c(O)cc1C. The van der Waals surface area contributed by atoms with E-state index in [1.54, 1.807) is 0 Å². The van der Waals surface area contributed by atoms with Crippen molar-refractivity contribution in [2.75, 3.05) is 0 Å². The molecule has 0 unspecified atom stereocenters. The Hall–Kier alpha value is -0.980. The molecule has 0 radical (unpaired) electrons. The maximum atomic E-state index is 10.1. The van der Waals surface area contributed by atoms with Crippen molar-refractivity contribution >= 4 is 0 Å². The van der Waals surface area contributed by atoms with E-state index < -0.39 is 0 Å². The predicted molar refractivity (Wildman–Crippen MR) is 102 cm³/mol. The normalized spacial score (nSPS) is 11.1. The third-order valence-corrected chi connectivity index (χ3v) is 4.89. The first kappa shape index (κ1) is 20.1. The molecule has 0 aliphatic heterocycles. The lowest BCUT2D eigenvalue weighted by atomic mass is 9.96. The minimum atomic E-state index is 0.498. The Morgan fingerprint density at radius 1 is 0.652 bits per heavy atom. The molecule has 0 aliphatic carbocycles. The fraction of sp³-hybridized carbons (Fsp3) is 0.727. The molecule has 1 nitrogen and oxygen atoms in total. The maximum Gasteiger partial charge on any atom is 0.119 e. The summed E-state index contributed by atoms with van der Waals surface area (Å²) in [5.41, 5.74) is 3.85. The first-order valence-corrected chi connectivity index (χ1v) is 10.00. The standard InChI is InChI=1S/C22H38O/c1-4-6-8-9-10-11-12-14-15-20-18-21(16-13-7-5-2)22(23)17-19(20)3/h17-18,23H,4-16H2,1-3H3. The first-order chi connectivity index (χ1) is 11.2. The molecular weight excluding hydrogens is 280 g/mol. The van der Waals surface area contributed by atoms with Gasteiger partial charge in [-0.15, -0.1) is 0 Å². The van der Waals surface area contributed by atoms with Crippen LogP contribution in [0.25, 0.3) is 0 Å². The van der Waals surface area contributed by atoms with Crippen LogP contribution in [-0.4, -0.2) is 5.11 Å². The quantitative estimate of drug-likeness (QED) is 0.384. The molecule has 0 saturated carbocycles. The highest BCUT2D eigenvalue weighted by Gasteiger charge is 2.07. The second-order valence-electron chi connectivity index (χ2n) is 7.09.